The zero-order valence-electron chi connectivity index (χ0n) is 13.2. The largest absolute Gasteiger partial charge is 0.355 e. The van der Waals surface area contributed by atoms with Crippen molar-refractivity contribution in [1.29, 1.82) is 0 Å². The number of halogens is 2. The van der Waals surface area contributed by atoms with E-state index in [0.29, 0.717) is 27.9 Å². The molecule has 124 valence electrons. The van der Waals surface area contributed by atoms with Crippen LogP contribution in [0.1, 0.15) is 0 Å². The third-order valence-electron chi connectivity index (χ3n) is 4.13. The standard InChI is InChI=1S/C19H12F2N2O2/c1-23-15(12-7-8-13(20)14(21)9-12)10-16-17(19(23)24)18(22-25-16)11-5-3-2-4-6-11/h2-10H,1H3. The molecular weight excluding hydrogens is 326 g/mol. The highest BCUT2D eigenvalue weighted by molar-refractivity contribution is 5.92. The normalized spacial score (nSPS) is 11.2. The van der Waals surface area contributed by atoms with Gasteiger partial charge in [-0.25, -0.2) is 8.78 Å². The molecule has 0 amide bonds. The maximum Gasteiger partial charge on any atom is 0.264 e. The van der Waals surface area contributed by atoms with Gasteiger partial charge in [0.1, 0.15) is 11.1 Å². The molecule has 2 aromatic carbocycles. The SMILES string of the molecule is Cn1c(-c2ccc(F)c(F)c2)cc2onc(-c3ccccc3)c2c1=O. The van der Waals surface area contributed by atoms with Crippen LogP contribution < -0.4 is 5.56 Å². The van der Waals surface area contributed by atoms with Crippen LogP contribution in [0.25, 0.3) is 33.5 Å². The number of aromatic nitrogens is 2. The lowest BCUT2D eigenvalue weighted by molar-refractivity contribution is 0.459. The van der Waals surface area contributed by atoms with Gasteiger partial charge in [0.2, 0.25) is 0 Å². The summed E-state index contributed by atoms with van der Waals surface area (Å²) >= 11 is 0. The molecule has 0 radical (unpaired) electrons. The molecule has 6 heteroatoms. The van der Waals surface area contributed by atoms with Crippen LogP contribution >= 0.6 is 0 Å². The van der Waals surface area contributed by atoms with Gasteiger partial charge in [-0.3, -0.25) is 4.79 Å². The number of nitrogens with zero attached hydrogens (tertiary/aromatic N) is 2. The van der Waals surface area contributed by atoms with E-state index >= 15 is 0 Å². The van der Waals surface area contributed by atoms with E-state index in [1.807, 2.05) is 30.3 Å². The molecule has 0 aliphatic carbocycles. The van der Waals surface area contributed by atoms with Crippen LogP contribution in [0.3, 0.4) is 0 Å². The monoisotopic (exact) mass is 338 g/mol. The highest BCUT2D eigenvalue weighted by atomic mass is 19.2. The first-order valence-corrected chi connectivity index (χ1v) is 7.56. The Morgan fingerprint density at radius 1 is 0.960 bits per heavy atom. The molecule has 25 heavy (non-hydrogen) atoms. The fourth-order valence-corrected chi connectivity index (χ4v) is 2.83. The number of fused-ring (bicyclic) bond motifs is 1. The summed E-state index contributed by atoms with van der Waals surface area (Å²) in [6.07, 6.45) is 0. The van der Waals surface area contributed by atoms with Crippen LogP contribution in [0.2, 0.25) is 0 Å². The molecule has 0 atom stereocenters. The summed E-state index contributed by atoms with van der Waals surface area (Å²) in [5.41, 5.74) is 1.97. The summed E-state index contributed by atoms with van der Waals surface area (Å²) < 4.78 is 33.4. The molecule has 0 N–H and O–H groups in total. The summed E-state index contributed by atoms with van der Waals surface area (Å²) in [6, 6.07) is 14.3. The third kappa shape index (κ3) is 2.42. The van der Waals surface area contributed by atoms with Gasteiger partial charge in [0.25, 0.3) is 5.56 Å². The van der Waals surface area contributed by atoms with Gasteiger partial charge in [-0.05, 0) is 18.2 Å². The zero-order chi connectivity index (χ0) is 17.6. The minimum Gasteiger partial charge on any atom is -0.355 e. The fraction of sp³-hybridized carbons (Fsp3) is 0.0526. The number of hydrogen-bond acceptors (Lipinski definition) is 3. The van der Waals surface area contributed by atoms with Crippen LogP contribution in [0.4, 0.5) is 8.78 Å². The summed E-state index contributed by atoms with van der Waals surface area (Å²) in [5, 5.41) is 4.36. The zero-order valence-corrected chi connectivity index (χ0v) is 13.2. The molecule has 0 aliphatic heterocycles. The lowest BCUT2D eigenvalue weighted by atomic mass is 10.1. The van der Waals surface area contributed by atoms with Crippen molar-refractivity contribution in [2.75, 3.05) is 0 Å². The highest BCUT2D eigenvalue weighted by Crippen LogP contribution is 2.29. The van der Waals surface area contributed by atoms with Crippen molar-refractivity contribution in [2.24, 2.45) is 7.05 Å². The second kappa shape index (κ2) is 5.66. The number of hydrogen-bond donors (Lipinski definition) is 0. The molecule has 4 rings (SSSR count). The first kappa shape index (κ1) is 15.3. The lowest BCUT2D eigenvalue weighted by Crippen LogP contribution is -2.18. The number of benzene rings is 2. The topological polar surface area (TPSA) is 48.0 Å². The van der Waals surface area contributed by atoms with E-state index in [1.165, 1.54) is 10.6 Å². The maximum atomic E-state index is 13.5. The van der Waals surface area contributed by atoms with E-state index in [-0.39, 0.29) is 5.56 Å². The van der Waals surface area contributed by atoms with E-state index < -0.39 is 11.6 Å². The van der Waals surface area contributed by atoms with E-state index in [4.69, 9.17) is 4.52 Å². The van der Waals surface area contributed by atoms with Crippen molar-refractivity contribution in [3.63, 3.8) is 0 Å². The summed E-state index contributed by atoms with van der Waals surface area (Å²) in [7, 11) is 1.57. The van der Waals surface area contributed by atoms with Crippen molar-refractivity contribution in [1.82, 2.24) is 9.72 Å². The molecule has 0 saturated heterocycles. The van der Waals surface area contributed by atoms with E-state index in [0.717, 1.165) is 17.7 Å². The molecule has 4 nitrogen and oxygen atoms in total. The summed E-state index contributed by atoms with van der Waals surface area (Å²) in [6.45, 7) is 0. The first-order chi connectivity index (χ1) is 12.1. The Labute approximate surface area is 140 Å². The van der Waals surface area contributed by atoms with Crippen molar-refractivity contribution >= 4 is 11.0 Å². The molecule has 0 spiro atoms. The Bertz CT molecular complexity index is 1150. The Morgan fingerprint density at radius 3 is 2.44 bits per heavy atom. The Balaban J connectivity index is 1.97. The Hall–Kier alpha value is -3.28. The van der Waals surface area contributed by atoms with Gasteiger partial charge in [-0.2, -0.15) is 0 Å². The molecule has 0 aliphatic rings. The summed E-state index contributed by atoms with van der Waals surface area (Å²) in [4.78, 5) is 12.8. The Morgan fingerprint density at radius 2 is 1.72 bits per heavy atom. The molecule has 2 heterocycles. The van der Waals surface area contributed by atoms with Crippen molar-refractivity contribution in [2.45, 2.75) is 0 Å². The molecule has 0 unspecified atom stereocenters. The van der Waals surface area contributed by atoms with Gasteiger partial charge in [0, 0.05) is 24.2 Å². The molecule has 4 aromatic rings. The maximum absolute atomic E-state index is 13.5. The molecular formula is C19H12F2N2O2. The van der Waals surface area contributed by atoms with Crippen LogP contribution in [0, 0.1) is 11.6 Å². The molecule has 2 aromatic heterocycles. The van der Waals surface area contributed by atoms with Crippen molar-refractivity contribution in [3.05, 3.63) is 76.6 Å². The van der Waals surface area contributed by atoms with E-state index in [1.54, 1.807) is 13.1 Å². The average molecular weight is 338 g/mol. The van der Waals surface area contributed by atoms with Crippen molar-refractivity contribution < 1.29 is 13.3 Å². The van der Waals surface area contributed by atoms with Crippen LogP contribution in [-0.2, 0) is 7.05 Å². The predicted molar refractivity (Wildman–Crippen MR) is 90.0 cm³/mol. The molecule has 0 fully saturated rings. The lowest BCUT2D eigenvalue weighted by Gasteiger charge is -2.09. The van der Waals surface area contributed by atoms with E-state index in [9.17, 15) is 13.6 Å². The van der Waals surface area contributed by atoms with Crippen LogP contribution in [0.15, 0.2) is 63.9 Å². The predicted octanol–water partition coefficient (Wildman–Crippen LogP) is 4.14. The highest BCUT2D eigenvalue weighted by Gasteiger charge is 2.18. The van der Waals surface area contributed by atoms with Crippen molar-refractivity contribution in [3.8, 4) is 22.5 Å². The minimum atomic E-state index is -0.979. The van der Waals surface area contributed by atoms with Gasteiger partial charge in [0.15, 0.2) is 17.2 Å². The van der Waals surface area contributed by atoms with Gasteiger partial charge >= 0.3 is 0 Å². The third-order valence-corrected chi connectivity index (χ3v) is 4.13. The van der Waals surface area contributed by atoms with Crippen LogP contribution in [0.5, 0.6) is 0 Å². The summed E-state index contributed by atoms with van der Waals surface area (Å²) in [5.74, 6) is -1.92. The van der Waals surface area contributed by atoms with Gasteiger partial charge in [0.05, 0.1) is 5.69 Å². The number of pyridine rings is 1. The average Bonchev–Trinajstić information content (AvgIpc) is 3.05. The van der Waals surface area contributed by atoms with Gasteiger partial charge in [-0.1, -0.05) is 35.5 Å². The number of rotatable bonds is 2. The smallest absolute Gasteiger partial charge is 0.264 e. The first-order valence-electron chi connectivity index (χ1n) is 7.56. The van der Waals surface area contributed by atoms with Gasteiger partial charge < -0.3 is 9.09 Å². The second-order valence-corrected chi connectivity index (χ2v) is 5.66. The molecule has 0 saturated carbocycles. The second-order valence-electron chi connectivity index (χ2n) is 5.66. The van der Waals surface area contributed by atoms with Crippen LogP contribution in [-0.4, -0.2) is 9.72 Å². The van der Waals surface area contributed by atoms with E-state index in [2.05, 4.69) is 5.16 Å². The molecule has 0 bridgehead atoms. The quantitative estimate of drug-likeness (QED) is 0.552. The minimum absolute atomic E-state index is 0.293. The Kier molecular flexibility index (Phi) is 3.46. The van der Waals surface area contributed by atoms with Gasteiger partial charge in [-0.15, -0.1) is 0 Å². The fourth-order valence-electron chi connectivity index (χ4n) is 2.83.